The van der Waals surface area contributed by atoms with Crippen LogP contribution in [-0.2, 0) is 19.0 Å². The predicted molar refractivity (Wildman–Crippen MR) is 52.8 cm³/mol. The summed E-state index contributed by atoms with van der Waals surface area (Å²) in [5.41, 5.74) is 0. The summed E-state index contributed by atoms with van der Waals surface area (Å²) in [6.45, 7) is 6.12. The van der Waals surface area contributed by atoms with Gasteiger partial charge in [-0.2, -0.15) is 0 Å². The maximum atomic E-state index is 9.61. The lowest BCUT2D eigenvalue weighted by atomic mass is 10.3. The van der Waals surface area contributed by atoms with E-state index < -0.39 is 0 Å². The third-order valence-electron chi connectivity index (χ3n) is 1.65. The van der Waals surface area contributed by atoms with Gasteiger partial charge < -0.3 is 14.2 Å². The van der Waals surface area contributed by atoms with E-state index >= 15 is 0 Å². The fourth-order valence-corrected chi connectivity index (χ4v) is 0.918. The molecule has 0 unspecified atom stereocenters. The lowest BCUT2D eigenvalue weighted by Crippen LogP contribution is -2.09. The smallest absolute Gasteiger partial charge is 0.417 e. The molecule has 1 radical (unpaired) electrons. The minimum absolute atomic E-state index is 0.263. The molecule has 0 N–H and O–H groups in total. The van der Waals surface area contributed by atoms with Crippen molar-refractivity contribution in [1.29, 1.82) is 0 Å². The normalized spacial score (nSPS) is 10.1. The monoisotopic (exact) mass is 203 g/mol. The zero-order valence-corrected chi connectivity index (χ0v) is 8.79. The Kier molecular flexibility index (Phi) is 11.9. The minimum Gasteiger partial charge on any atom is -0.455 e. The standard InChI is InChI=1S/C10H19O4/c1-2-3-4-5-12-6-7-13-8-9-14-10-11/h2-9H2,1H3. The molecule has 0 rings (SSSR count). The number of ether oxygens (including phenoxy) is 3. The Morgan fingerprint density at radius 3 is 2.21 bits per heavy atom. The topological polar surface area (TPSA) is 44.8 Å². The second kappa shape index (κ2) is 12.4. The van der Waals surface area contributed by atoms with E-state index in [1.807, 2.05) is 0 Å². The van der Waals surface area contributed by atoms with Gasteiger partial charge in [-0.1, -0.05) is 19.8 Å². The first-order valence-electron chi connectivity index (χ1n) is 5.06. The van der Waals surface area contributed by atoms with E-state index in [1.54, 1.807) is 0 Å². The van der Waals surface area contributed by atoms with E-state index in [4.69, 9.17) is 9.47 Å². The SMILES string of the molecule is CCCCCOCCOCCO[C]=O. The fraction of sp³-hybridized carbons (Fsp3) is 0.900. The van der Waals surface area contributed by atoms with E-state index in [0.717, 1.165) is 13.0 Å². The Labute approximate surface area is 85.5 Å². The summed E-state index contributed by atoms with van der Waals surface area (Å²) >= 11 is 0. The summed E-state index contributed by atoms with van der Waals surface area (Å²) in [5, 5.41) is 0. The molecule has 0 spiro atoms. The van der Waals surface area contributed by atoms with E-state index in [-0.39, 0.29) is 6.61 Å². The highest BCUT2D eigenvalue weighted by Gasteiger charge is 1.90. The Hall–Kier alpha value is -0.610. The molecule has 0 saturated heterocycles. The molecule has 0 aromatic heterocycles. The van der Waals surface area contributed by atoms with Gasteiger partial charge in [0.1, 0.15) is 6.61 Å². The van der Waals surface area contributed by atoms with E-state index in [9.17, 15) is 4.79 Å². The molecule has 0 amide bonds. The van der Waals surface area contributed by atoms with Gasteiger partial charge >= 0.3 is 6.47 Å². The molecule has 0 aliphatic carbocycles. The highest BCUT2D eigenvalue weighted by molar-refractivity contribution is 5.37. The van der Waals surface area contributed by atoms with Crippen molar-refractivity contribution in [3.05, 3.63) is 0 Å². The van der Waals surface area contributed by atoms with Gasteiger partial charge in [0.25, 0.3) is 0 Å². The zero-order chi connectivity index (χ0) is 10.5. The number of hydrogen-bond acceptors (Lipinski definition) is 4. The molecule has 0 fully saturated rings. The Morgan fingerprint density at radius 2 is 1.57 bits per heavy atom. The molecule has 4 nitrogen and oxygen atoms in total. The molecule has 0 bridgehead atoms. The van der Waals surface area contributed by atoms with Crippen molar-refractivity contribution < 1.29 is 19.0 Å². The third-order valence-corrected chi connectivity index (χ3v) is 1.65. The van der Waals surface area contributed by atoms with Crippen LogP contribution in [-0.4, -0.2) is 39.5 Å². The highest BCUT2D eigenvalue weighted by atomic mass is 16.6. The van der Waals surface area contributed by atoms with Crippen molar-refractivity contribution in [2.45, 2.75) is 26.2 Å². The van der Waals surface area contributed by atoms with Crippen molar-refractivity contribution in [3.63, 3.8) is 0 Å². The van der Waals surface area contributed by atoms with Crippen molar-refractivity contribution in [2.24, 2.45) is 0 Å². The molecule has 0 aliphatic heterocycles. The summed E-state index contributed by atoms with van der Waals surface area (Å²) < 4.78 is 14.7. The van der Waals surface area contributed by atoms with Crippen LogP contribution in [0.4, 0.5) is 0 Å². The molecule has 83 valence electrons. The first kappa shape index (κ1) is 13.4. The van der Waals surface area contributed by atoms with Crippen LogP contribution in [0.25, 0.3) is 0 Å². The number of unbranched alkanes of at least 4 members (excludes halogenated alkanes) is 2. The lowest BCUT2D eigenvalue weighted by molar-refractivity contribution is 0.0334. The van der Waals surface area contributed by atoms with Crippen LogP contribution >= 0.6 is 0 Å². The maximum absolute atomic E-state index is 9.61. The molecular formula is C10H19O4. The summed E-state index contributed by atoms with van der Waals surface area (Å²) in [6.07, 6.45) is 3.53. The van der Waals surface area contributed by atoms with Crippen molar-refractivity contribution in [1.82, 2.24) is 0 Å². The molecule has 0 aromatic carbocycles. The van der Waals surface area contributed by atoms with Gasteiger partial charge in [-0.15, -0.1) is 0 Å². The molecule has 0 aromatic rings. The van der Waals surface area contributed by atoms with Gasteiger partial charge in [0.05, 0.1) is 19.8 Å². The lowest BCUT2D eigenvalue weighted by Gasteiger charge is -2.04. The predicted octanol–water partition coefficient (Wildman–Crippen LogP) is 1.29. The van der Waals surface area contributed by atoms with E-state index in [1.165, 1.54) is 19.3 Å². The molecule has 4 heteroatoms. The van der Waals surface area contributed by atoms with E-state index in [2.05, 4.69) is 11.7 Å². The second-order valence-electron chi connectivity index (χ2n) is 2.86. The summed E-state index contributed by atoms with van der Waals surface area (Å²) in [4.78, 5) is 9.61. The average Bonchev–Trinajstić information content (AvgIpc) is 2.21. The van der Waals surface area contributed by atoms with Gasteiger partial charge in [0.2, 0.25) is 0 Å². The largest absolute Gasteiger partial charge is 0.455 e. The van der Waals surface area contributed by atoms with Gasteiger partial charge in [0.15, 0.2) is 0 Å². The average molecular weight is 203 g/mol. The Bertz CT molecular complexity index is 117. The van der Waals surface area contributed by atoms with E-state index in [0.29, 0.717) is 19.8 Å². The van der Waals surface area contributed by atoms with Gasteiger partial charge in [-0.25, -0.2) is 4.79 Å². The Morgan fingerprint density at radius 1 is 0.929 bits per heavy atom. The van der Waals surface area contributed by atoms with Gasteiger partial charge in [0, 0.05) is 6.61 Å². The zero-order valence-electron chi connectivity index (χ0n) is 8.79. The molecular weight excluding hydrogens is 184 g/mol. The second-order valence-corrected chi connectivity index (χ2v) is 2.86. The number of rotatable bonds is 11. The van der Waals surface area contributed by atoms with Crippen LogP contribution in [0.1, 0.15) is 26.2 Å². The quantitative estimate of drug-likeness (QED) is 0.475. The Balaban J connectivity index is 2.81. The minimum atomic E-state index is 0.263. The van der Waals surface area contributed by atoms with Crippen molar-refractivity contribution >= 4 is 6.47 Å². The first-order chi connectivity index (χ1) is 6.91. The highest BCUT2D eigenvalue weighted by Crippen LogP contribution is 1.93. The summed E-state index contributed by atoms with van der Waals surface area (Å²) in [7, 11) is 0. The number of hydrogen-bond donors (Lipinski definition) is 0. The van der Waals surface area contributed by atoms with Crippen molar-refractivity contribution in [2.75, 3.05) is 33.0 Å². The molecule has 0 heterocycles. The maximum Gasteiger partial charge on any atom is 0.417 e. The van der Waals surface area contributed by atoms with Gasteiger partial charge in [-0.05, 0) is 6.42 Å². The molecule has 0 saturated carbocycles. The summed E-state index contributed by atoms with van der Waals surface area (Å²) in [6, 6.07) is 0. The summed E-state index contributed by atoms with van der Waals surface area (Å²) in [5.74, 6) is 0. The van der Waals surface area contributed by atoms with Crippen LogP contribution in [0, 0.1) is 0 Å². The van der Waals surface area contributed by atoms with Crippen molar-refractivity contribution in [3.8, 4) is 0 Å². The third kappa shape index (κ3) is 11.4. The first-order valence-corrected chi connectivity index (χ1v) is 5.06. The van der Waals surface area contributed by atoms with Crippen LogP contribution < -0.4 is 0 Å². The number of carbonyl (C=O) groups excluding carboxylic acids is 1. The van der Waals surface area contributed by atoms with Crippen LogP contribution in [0.2, 0.25) is 0 Å². The molecule has 14 heavy (non-hydrogen) atoms. The van der Waals surface area contributed by atoms with Crippen LogP contribution in [0.15, 0.2) is 0 Å². The van der Waals surface area contributed by atoms with Gasteiger partial charge in [-0.3, -0.25) is 0 Å². The fourth-order valence-electron chi connectivity index (χ4n) is 0.918. The van der Waals surface area contributed by atoms with Crippen LogP contribution in [0.3, 0.4) is 0 Å². The molecule has 0 aliphatic rings. The molecule has 0 atom stereocenters. The van der Waals surface area contributed by atoms with Crippen LogP contribution in [0.5, 0.6) is 0 Å².